The lowest BCUT2D eigenvalue weighted by molar-refractivity contribution is -0.126. The van der Waals surface area contributed by atoms with Gasteiger partial charge >= 0.3 is 0 Å². The number of para-hydroxylation sites is 1. The Morgan fingerprint density at radius 3 is 2.36 bits per heavy atom. The van der Waals surface area contributed by atoms with Crippen molar-refractivity contribution < 1.29 is 14.3 Å². The van der Waals surface area contributed by atoms with Crippen molar-refractivity contribution in [3.8, 4) is 11.5 Å². The molecule has 0 aliphatic carbocycles. The van der Waals surface area contributed by atoms with Gasteiger partial charge in [0.15, 0.2) is 0 Å². The maximum absolute atomic E-state index is 13.1. The summed E-state index contributed by atoms with van der Waals surface area (Å²) in [5.74, 6) is 1.56. The molecule has 5 heteroatoms. The summed E-state index contributed by atoms with van der Waals surface area (Å²) in [6.45, 7) is 5.32. The molecule has 1 aliphatic rings. The monoisotopic (exact) mass is 442 g/mol. The maximum Gasteiger partial charge on any atom is 0.246 e. The van der Waals surface area contributed by atoms with E-state index in [0.29, 0.717) is 13.1 Å². The highest BCUT2D eigenvalue weighted by Gasteiger charge is 2.16. The zero-order chi connectivity index (χ0) is 22.7. The first-order chi connectivity index (χ1) is 16.3. The zero-order valence-electron chi connectivity index (χ0n) is 18.8. The minimum Gasteiger partial charge on any atom is -0.457 e. The van der Waals surface area contributed by atoms with Crippen LogP contribution in [0.15, 0.2) is 91.0 Å². The molecular formula is C28H30N2O3. The molecule has 0 radical (unpaired) electrons. The molecular weight excluding hydrogens is 412 g/mol. The van der Waals surface area contributed by atoms with Gasteiger partial charge in [0.2, 0.25) is 5.91 Å². The maximum atomic E-state index is 13.1. The highest BCUT2D eigenvalue weighted by atomic mass is 16.5. The number of benzene rings is 3. The van der Waals surface area contributed by atoms with E-state index in [1.165, 1.54) is 0 Å². The normalized spacial score (nSPS) is 14.3. The summed E-state index contributed by atoms with van der Waals surface area (Å²) in [5.41, 5.74) is 2.05. The number of hydrogen-bond acceptors (Lipinski definition) is 4. The predicted molar refractivity (Wildman–Crippen MR) is 131 cm³/mol. The van der Waals surface area contributed by atoms with Gasteiger partial charge in [-0.15, -0.1) is 0 Å². The van der Waals surface area contributed by atoms with Gasteiger partial charge in [0, 0.05) is 38.8 Å². The topological polar surface area (TPSA) is 42.0 Å². The average Bonchev–Trinajstić information content (AvgIpc) is 2.87. The average molecular weight is 443 g/mol. The lowest BCUT2D eigenvalue weighted by Gasteiger charge is -2.30. The molecule has 1 saturated heterocycles. The molecule has 1 amide bonds. The van der Waals surface area contributed by atoms with Crippen LogP contribution in [0.2, 0.25) is 0 Å². The lowest BCUT2D eigenvalue weighted by atomic mass is 10.2. The molecule has 4 rings (SSSR count). The summed E-state index contributed by atoms with van der Waals surface area (Å²) >= 11 is 0. The van der Waals surface area contributed by atoms with Gasteiger partial charge in [-0.1, -0.05) is 60.7 Å². The number of ether oxygens (including phenoxy) is 2. The smallest absolute Gasteiger partial charge is 0.246 e. The molecule has 0 saturated carbocycles. The van der Waals surface area contributed by atoms with Gasteiger partial charge in [0.05, 0.1) is 13.2 Å². The van der Waals surface area contributed by atoms with Crippen molar-refractivity contribution in [2.24, 2.45) is 0 Å². The third-order valence-electron chi connectivity index (χ3n) is 5.57. The van der Waals surface area contributed by atoms with Crippen LogP contribution < -0.4 is 4.74 Å². The van der Waals surface area contributed by atoms with Crippen LogP contribution in [0.1, 0.15) is 11.1 Å². The van der Waals surface area contributed by atoms with E-state index in [0.717, 1.165) is 55.5 Å². The molecule has 0 unspecified atom stereocenters. The van der Waals surface area contributed by atoms with Crippen molar-refractivity contribution in [1.82, 2.24) is 9.80 Å². The quantitative estimate of drug-likeness (QED) is 0.444. The van der Waals surface area contributed by atoms with Crippen molar-refractivity contribution in [3.05, 3.63) is 102 Å². The van der Waals surface area contributed by atoms with E-state index in [1.54, 1.807) is 6.08 Å². The Labute approximate surface area is 195 Å². The van der Waals surface area contributed by atoms with E-state index in [2.05, 4.69) is 4.90 Å². The van der Waals surface area contributed by atoms with Gasteiger partial charge in [-0.05, 0) is 41.5 Å². The largest absolute Gasteiger partial charge is 0.457 e. The predicted octanol–water partition coefficient (Wildman–Crippen LogP) is 4.85. The van der Waals surface area contributed by atoms with E-state index >= 15 is 0 Å². The van der Waals surface area contributed by atoms with Crippen molar-refractivity contribution in [2.75, 3.05) is 39.4 Å². The van der Waals surface area contributed by atoms with Crippen molar-refractivity contribution in [1.29, 1.82) is 0 Å². The Morgan fingerprint density at radius 2 is 1.61 bits per heavy atom. The first-order valence-corrected chi connectivity index (χ1v) is 11.4. The van der Waals surface area contributed by atoms with E-state index in [9.17, 15) is 4.79 Å². The number of rotatable bonds is 9. The van der Waals surface area contributed by atoms with Crippen LogP contribution in [-0.2, 0) is 16.1 Å². The standard InChI is InChI=1S/C28H30N2O3/c31-28(15-14-24-8-3-1-4-9-24)30(17-16-29-18-20-32-21-19-29)23-25-10-7-13-27(22-25)33-26-11-5-2-6-12-26/h1-15,22H,16-21,23H2/b15-14+. The first kappa shape index (κ1) is 22.8. The third kappa shape index (κ3) is 7.31. The van der Waals surface area contributed by atoms with E-state index in [1.807, 2.05) is 95.9 Å². The number of amides is 1. The van der Waals surface area contributed by atoms with Crippen LogP contribution in [0.25, 0.3) is 6.08 Å². The molecule has 0 bridgehead atoms. The van der Waals surface area contributed by atoms with Crippen LogP contribution in [-0.4, -0.2) is 55.1 Å². The number of hydrogen-bond donors (Lipinski definition) is 0. The molecule has 0 atom stereocenters. The highest BCUT2D eigenvalue weighted by molar-refractivity contribution is 5.91. The Hall–Kier alpha value is -3.41. The van der Waals surface area contributed by atoms with Crippen LogP contribution in [0.3, 0.4) is 0 Å². The van der Waals surface area contributed by atoms with E-state index < -0.39 is 0 Å². The van der Waals surface area contributed by atoms with Crippen molar-refractivity contribution >= 4 is 12.0 Å². The second-order valence-electron chi connectivity index (χ2n) is 8.02. The number of carbonyl (C=O) groups is 1. The molecule has 1 aliphatic heterocycles. The SMILES string of the molecule is O=C(/C=C/c1ccccc1)N(CCN1CCOCC1)Cc1cccc(Oc2ccccc2)c1. The minimum absolute atomic E-state index is 0.00138. The third-order valence-corrected chi connectivity index (χ3v) is 5.57. The first-order valence-electron chi connectivity index (χ1n) is 11.4. The molecule has 3 aromatic carbocycles. The molecule has 5 nitrogen and oxygen atoms in total. The summed E-state index contributed by atoms with van der Waals surface area (Å²) < 4.78 is 11.4. The van der Waals surface area contributed by atoms with Gasteiger partial charge in [-0.25, -0.2) is 0 Å². The molecule has 1 heterocycles. The summed E-state index contributed by atoms with van der Waals surface area (Å²) in [4.78, 5) is 17.4. The van der Waals surface area contributed by atoms with Gasteiger partial charge in [0.25, 0.3) is 0 Å². The van der Waals surface area contributed by atoms with Gasteiger partial charge in [0.1, 0.15) is 11.5 Å². The summed E-state index contributed by atoms with van der Waals surface area (Å²) in [7, 11) is 0. The number of morpholine rings is 1. The second kappa shape index (κ2) is 12.0. The zero-order valence-corrected chi connectivity index (χ0v) is 18.8. The Morgan fingerprint density at radius 1 is 0.909 bits per heavy atom. The van der Waals surface area contributed by atoms with E-state index in [4.69, 9.17) is 9.47 Å². The fraction of sp³-hybridized carbons (Fsp3) is 0.250. The molecule has 0 N–H and O–H groups in total. The minimum atomic E-state index is 0.00138. The molecule has 0 spiro atoms. The van der Waals surface area contributed by atoms with E-state index in [-0.39, 0.29) is 5.91 Å². The summed E-state index contributed by atoms with van der Waals surface area (Å²) in [6, 6.07) is 27.6. The second-order valence-corrected chi connectivity index (χ2v) is 8.02. The highest BCUT2D eigenvalue weighted by Crippen LogP contribution is 2.22. The van der Waals surface area contributed by atoms with Gasteiger partial charge < -0.3 is 14.4 Å². The fourth-order valence-corrected chi connectivity index (χ4v) is 3.74. The van der Waals surface area contributed by atoms with Crippen molar-refractivity contribution in [3.63, 3.8) is 0 Å². The van der Waals surface area contributed by atoms with Crippen molar-refractivity contribution in [2.45, 2.75) is 6.54 Å². The van der Waals surface area contributed by atoms with Gasteiger partial charge in [-0.3, -0.25) is 9.69 Å². The fourth-order valence-electron chi connectivity index (χ4n) is 3.74. The lowest BCUT2D eigenvalue weighted by Crippen LogP contribution is -2.42. The van der Waals surface area contributed by atoms with Crippen LogP contribution in [0.4, 0.5) is 0 Å². The molecule has 1 fully saturated rings. The van der Waals surface area contributed by atoms with Crippen LogP contribution >= 0.6 is 0 Å². The molecule has 170 valence electrons. The van der Waals surface area contributed by atoms with Gasteiger partial charge in [-0.2, -0.15) is 0 Å². The summed E-state index contributed by atoms with van der Waals surface area (Å²) in [5, 5.41) is 0. The summed E-state index contributed by atoms with van der Waals surface area (Å²) in [6.07, 6.45) is 3.54. The number of carbonyl (C=O) groups excluding carboxylic acids is 1. The molecule has 33 heavy (non-hydrogen) atoms. The molecule has 3 aromatic rings. The van der Waals surface area contributed by atoms with Crippen LogP contribution in [0.5, 0.6) is 11.5 Å². The van der Waals surface area contributed by atoms with Crippen LogP contribution in [0, 0.1) is 0 Å². The Kier molecular flexibility index (Phi) is 8.28. The molecule has 0 aromatic heterocycles. The number of nitrogens with zero attached hydrogens (tertiary/aromatic N) is 2. The Bertz CT molecular complexity index is 1030. The Balaban J connectivity index is 1.45.